The van der Waals surface area contributed by atoms with Gasteiger partial charge in [0, 0.05) is 29.2 Å². The Hall–Kier alpha value is -3.83. The molecule has 12 heteroatoms. The second-order valence-electron chi connectivity index (χ2n) is 8.01. The summed E-state index contributed by atoms with van der Waals surface area (Å²) in [6, 6.07) is 14.4. The van der Waals surface area contributed by atoms with E-state index in [0.29, 0.717) is 10.7 Å². The van der Waals surface area contributed by atoms with E-state index in [-0.39, 0.29) is 47.0 Å². The predicted octanol–water partition coefficient (Wildman–Crippen LogP) is 6.47. The van der Waals surface area contributed by atoms with E-state index in [1.165, 1.54) is 41.5 Å². The highest BCUT2D eigenvalue weighted by atomic mass is 35.5. The molecule has 196 valence electrons. The Labute approximate surface area is 225 Å². The highest BCUT2D eigenvalue weighted by molar-refractivity contribution is 8.15. The summed E-state index contributed by atoms with van der Waals surface area (Å²) in [5.41, 5.74) is 0.0356. The van der Waals surface area contributed by atoms with Gasteiger partial charge in [-0.15, -0.1) is 11.7 Å². The lowest BCUT2D eigenvalue weighted by Gasteiger charge is -2.12. The van der Waals surface area contributed by atoms with Crippen LogP contribution in [0, 0.1) is 0 Å². The first-order chi connectivity index (χ1) is 18.1. The van der Waals surface area contributed by atoms with Crippen molar-refractivity contribution in [3.05, 3.63) is 89.7 Å². The van der Waals surface area contributed by atoms with Crippen molar-refractivity contribution in [2.45, 2.75) is 17.8 Å². The minimum atomic E-state index is -4.47. The van der Waals surface area contributed by atoms with Gasteiger partial charge < -0.3 is 9.73 Å². The molecule has 0 saturated carbocycles. The molecule has 2 aromatic carbocycles. The van der Waals surface area contributed by atoms with Crippen LogP contribution in [0.2, 0.25) is 5.02 Å². The molecule has 0 aliphatic carbocycles. The molecule has 1 aliphatic rings. The average molecular weight is 561 g/mol. The average Bonchev–Trinajstić information content (AvgIpc) is 3.46. The van der Waals surface area contributed by atoms with E-state index in [1.54, 1.807) is 24.3 Å². The summed E-state index contributed by atoms with van der Waals surface area (Å²) in [7, 11) is 0. The summed E-state index contributed by atoms with van der Waals surface area (Å²) in [5.74, 6) is -0.167. The van der Waals surface area contributed by atoms with Gasteiger partial charge in [0.1, 0.15) is 16.8 Å². The van der Waals surface area contributed by atoms with Crippen LogP contribution in [0.1, 0.15) is 17.7 Å². The summed E-state index contributed by atoms with van der Waals surface area (Å²) in [6.07, 6.45) is -1.74. The fourth-order valence-electron chi connectivity index (χ4n) is 3.49. The molecule has 0 bridgehead atoms. The van der Waals surface area contributed by atoms with Crippen molar-refractivity contribution in [3.8, 4) is 11.3 Å². The second-order valence-corrected chi connectivity index (χ2v) is 9.62. The molecule has 0 radical (unpaired) electrons. The van der Waals surface area contributed by atoms with Gasteiger partial charge in [-0.05, 0) is 48.5 Å². The van der Waals surface area contributed by atoms with Gasteiger partial charge in [-0.3, -0.25) is 14.5 Å². The second kappa shape index (κ2) is 11.7. The van der Waals surface area contributed by atoms with Gasteiger partial charge in [0.25, 0.3) is 0 Å². The monoisotopic (exact) mass is 560 g/mol. The van der Waals surface area contributed by atoms with Crippen LogP contribution in [0.4, 0.5) is 18.9 Å². The fraction of sp³-hybridized carbons (Fsp3) is 0.154. The molecule has 1 aliphatic heterocycles. The molecule has 1 fully saturated rings. The zero-order chi connectivity index (χ0) is 27.3. The zero-order valence-electron chi connectivity index (χ0n) is 19.6. The normalized spacial score (nSPS) is 16.9. The molecule has 2 heterocycles. The van der Waals surface area contributed by atoms with E-state index in [2.05, 4.69) is 22.1 Å². The van der Waals surface area contributed by atoms with E-state index in [1.807, 2.05) is 0 Å². The lowest BCUT2D eigenvalue weighted by atomic mass is 10.1. The number of hydrogen-bond donors (Lipinski definition) is 1. The Morgan fingerprint density at radius 2 is 1.95 bits per heavy atom. The van der Waals surface area contributed by atoms with Crippen molar-refractivity contribution in [3.63, 3.8) is 0 Å². The Bertz CT molecular complexity index is 1400. The Morgan fingerprint density at radius 1 is 1.18 bits per heavy atom. The van der Waals surface area contributed by atoms with Gasteiger partial charge in [0.2, 0.25) is 11.8 Å². The van der Waals surface area contributed by atoms with Crippen LogP contribution in [0.5, 0.6) is 0 Å². The van der Waals surface area contributed by atoms with Crippen molar-refractivity contribution in [1.29, 1.82) is 0 Å². The number of benzene rings is 2. The molecule has 1 atom stereocenters. The quantitative estimate of drug-likeness (QED) is 0.194. The standard InChI is InChI=1S/C26H20ClF3N4O3S/c1-2-12-34-24(36)22(14-23(35)32-19-8-6-18(27)7-9-19)38-25(34)33-31-15-20-10-11-21(37-20)16-4-3-5-17(13-16)26(28,29)30/h2-11,13,15,22H,1,12,14H2,(H,32,35)/b31-15+,33-25-. The first-order valence-corrected chi connectivity index (χ1v) is 12.4. The maximum atomic E-state index is 13.0. The number of furan rings is 1. The Kier molecular flexibility index (Phi) is 8.38. The van der Waals surface area contributed by atoms with Crippen LogP contribution < -0.4 is 5.32 Å². The fourth-order valence-corrected chi connectivity index (χ4v) is 4.72. The third-order valence-corrected chi connectivity index (χ3v) is 6.68. The molecule has 0 spiro atoms. The largest absolute Gasteiger partial charge is 0.455 e. The van der Waals surface area contributed by atoms with Gasteiger partial charge in [-0.2, -0.15) is 18.3 Å². The summed E-state index contributed by atoms with van der Waals surface area (Å²) in [6.45, 7) is 3.83. The van der Waals surface area contributed by atoms with Crippen molar-refractivity contribution >= 4 is 52.2 Å². The van der Waals surface area contributed by atoms with Crippen LogP contribution in [0.25, 0.3) is 11.3 Å². The lowest BCUT2D eigenvalue weighted by Crippen LogP contribution is -2.33. The number of hydrogen-bond acceptors (Lipinski definition) is 6. The van der Waals surface area contributed by atoms with Gasteiger partial charge in [0.05, 0.1) is 11.8 Å². The number of amidine groups is 1. The number of thioether (sulfide) groups is 1. The number of carbonyl (C=O) groups excluding carboxylic acids is 2. The van der Waals surface area contributed by atoms with E-state index < -0.39 is 17.0 Å². The van der Waals surface area contributed by atoms with Crippen molar-refractivity contribution in [2.75, 3.05) is 11.9 Å². The third-order valence-electron chi connectivity index (χ3n) is 5.26. The van der Waals surface area contributed by atoms with Gasteiger partial charge >= 0.3 is 6.18 Å². The molecule has 38 heavy (non-hydrogen) atoms. The summed E-state index contributed by atoms with van der Waals surface area (Å²) < 4.78 is 44.6. The van der Waals surface area contributed by atoms with Crippen LogP contribution in [0.15, 0.2) is 87.9 Å². The van der Waals surface area contributed by atoms with Crippen molar-refractivity contribution in [1.82, 2.24) is 4.90 Å². The van der Waals surface area contributed by atoms with E-state index in [4.69, 9.17) is 16.0 Å². The van der Waals surface area contributed by atoms with Crippen molar-refractivity contribution in [2.24, 2.45) is 10.2 Å². The number of carbonyl (C=O) groups is 2. The van der Waals surface area contributed by atoms with Crippen LogP contribution in [-0.2, 0) is 15.8 Å². The van der Waals surface area contributed by atoms with E-state index in [9.17, 15) is 22.8 Å². The lowest BCUT2D eigenvalue weighted by molar-refractivity contribution is -0.137. The third kappa shape index (κ3) is 6.73. The number of anilines is 1. The number of nitrogens with zero attached hydrogens (tertiary/aromatic N) is 3. The number of nitrogens with one attached hydrogen (secondary N) is 1. The molecule has 1 N–H and O–H groups in total. The van der Waals surface area contributed by atoms with Crippen LogP contribution in [0.3, 0.4) is 0 Å². The van der Waals surface area contributed by atoms with Crippen LogP contribution >= 0.6 is 23.4 Å². The number of alkyl halides is 3. The number of amides is 2. The maximum absolute atomic E-state index is 13.0. The molecule has 1 aromatic heterocycles. The minimum absolute atomic E-state index is 0.0823. The topological polar surface area (TPSA) is 87.3 Å². The Balaban J connectivity index is 1.43. The molecule has 1 unspecified atom stereocenters. The first-order valence-electron chi connectivity index (χ1n) is 11.2. The SMILES string of the molecule is C=CCN1C(=O)C(CC(=O)Nc2ccc(Cl)cc2)S/C1=N\N=C\c1ccc(-c2cccc(C(F)(F)F)c2)o1. The summed E-state index contributed by atoms with van der Waals surface area (Å²) in [5, 5.41) is 10.9. The summed E-state index contributed by atoms with van der Waals surface area (Å²) >= 11 is 6.95. The number of halogens is 4. The summed E-state index contributed by atoms with van der Waals surface area (Å²) in [4.78, 5) is 26.7. The molecule has 3 aromatic rings. The highest BCUT2D eigenvalue weighted by Crippen LogP contribution is 2.33. The first kappa shape index (κ1) is 27.2. The number of rotatable bonds is 8. The van der Waals surface area contributed by atoms with Gasteiger partial charge in [0.15, 0.2) is 5.17 Å². The van der Waals surface area contributed by atoms with Crippen molar-refractivity contribution < 1.29 is 27.2 Å². The smallest absolute Gasteiger partial charge is 0.416 e. The minimum Gasteiger partial charge on any atom is -0.455 e. The molecule has 4 rings (SSSR count). The molecule has 1 saturated heterocycles. The van der Waals surface area contributed by atoms with Gasteiger partial charge in [-0.1, -0.05) is 41.6 Å². The van der Waals surface area contributed by atoms with Crippen LogP contribution in [-0.4, -0.2) is 39.9 Å². The van der Waals surface area contributed by atoms with E-state index in [0.717, 1.165) is 23.9 Å². The zero-order valence-corrected chi connectivity index (χ0v) is 21.2. The highest BCUT2D eigenvalue weighted by Gasteiger charge is 2.38. The van der Waals surface area contributed by atoms with Gasteiger partial charge in [-0.25, -0.2) is 0 Å². The molecule has 2 amide bonds. The predicted molar refractivity (Wildman–Crippen MR) is 142 cm³/mol. The molecular formula is C26H20ClF3N4O3S. The Morgan fingerprint density at radius 3 is 2.66 bits per heavy atom. The maximum Gasteiger partial charge on any atom is 0.416 e. The molecular weight excluding hydrogens is 541 g/mol. The van der Waals surface area contributed by atoms with E-state index >= 15 is 0 Å². The molecule has 7 nitrogen and oxygen atoms in total.